The first-order valence-electron chi connectivity index (χ1n) is 6.55. The molecular formula is C13H26N2O3. The smallest absolute Gasteiger partial charge is 0.325 e. The highest BCUT2D eigenvalue weighted by atomic mass is 16.5. The van der Waals surface area contributed by atoms with Crippen LogP contribution in [0.4, 0.5) is 0 Å². The van der Waals surface area contributed by atoms with Gasteiger partial charge in [0.25, 0.3) is 0 Å². The van der Waals surface area contributed by atoms with Crippen molar-refractivity contribution in [2.45, 2.75) is 33.6 Å². The maximum Gasteiger partial charge on any atom is 0.325 e. The summed E-state index contributed by atoms with van der Waals surface area (Å²) in [5.41, 5.74) is 5.51. The first kappa shape index (κ1) is 16.9. The molecule has 1 unspecified atom stereocenters. The van der Waals surface area contributed by atoms with Crippen molar-refractivity contribution in [3.63, 3.8) is 0 Å². The summed E-state index contributed by atoms with van der Waals surface area (Å²) >= 11 is 0. The number of nitrogens with two attached hydrogens (primary N) is 1. The molecule has 18 heavy (non-hydrogen) atoms. The van der Waals surface area contributed by atoms with Crippen molar-refractivity contribution >= 4 is 11.9 Å². The molecule has 0 saturated carbocycles. The number of nitrogens with zero attached hydrogens (tertiary/aromatic N) is 1. The van der Waals surface area contributed by atoms with E-state index < -0.39 is 5.97 Å². The third-order valence-corrected chi connectivity index (χ3v) is 3.27. The van der Waals surface area contributed by atoms with Crippen LogP contribution >= 0.6 is 0 Å². The van der Waals surface area contributed by atoms with Gasteiger partial charge >= 0.3 is 5.97 Å². The third kappa shape index (κ3) is 5.49. The van der Waals surface area contributed by atoms with Crippen molar-refractivity contribution in [1.29, 1.82) is 0 Å². The maximum absolute atomic E-state index is 12.1. The van der Waals surface area contributed by atoms with E-state index in [-0.39, 0.29) is 18.4 Å². The molecule has 0 radical (unpaired) electrons. The molecule has 0 aliphatic rings. The van der Waals surface area contributed by atoms with Crippen molar-refractivity contribution in [1.82, 2.24) is 4.90 Å². The van der Waals surface area contributed by atoms with Crippen molar-refractivity contribution in [2.75, 3.05) is 26.7 Å². The first-order chi connectivity index (χ1) is 8.49. The summed E-state index contributed by atoms with van der Waals surface area (Å²) in [6.07, 6.45) is 1.97. The molecule has 5 heteroatoms. The summed E-state index contributed by atoms with van der Waals surface area (Å²) in [4.78, 5) is 25.1. The summed E-state index contributed by atoms with van der Waals surface area (Å²) < 4.78 is 4.63. The third-order valence-electron chi connectivity index (χ3n) is 3.27. The van der Waals surface area contributed by atoms with Crippen molar-refractivity contribution in [3.05, 3.63) is 0 Å². The molecule has 0 bridgehead atoms. The van der Waals surface area contributed by atoms with Gasteiger partial charge in [0, 0.05) is 19.0 Å². The van der Waals surface area contributed by atoms with Crippen LogP contribution in [0.2, 0.25) is 0 Å². The molecule has 0 aromatic carbocycles. The van der Waals surface area contributed by atoms with Crippen LogP contribution < -0.4 is 5.73 Å². The highest BCUT2D eigenvalue weighted by molar-refractivity contribution is 5.83. The Kier molecular flexibility index (Phi) is 8.37. The second kappa shape index (κ2) is 8.91. The number of ether oxygens (including phenoxy) is 1. The average Bonchev–Trinajstić information content (AvgIpc) is 2.41. The molecule has 0 heterocycles. The molecule has 0 aromatic rings. The molecule has 0 aliphatic heterocycles. The Balaban J connectivity index is 4.70. The van der Waals surface area contributed by atoms with E-state index in [1.807, 2.05) is 0 Å². The van der Waals surface area contributed by atoms with Gasteiger partial charge in [-0.05, 0) is 5.92 Å². The van der Waals surface area contributed by atoms with Crippen LogP contribution in [0.25, 0.3) is 0 Å². The Morgan fingerprint density at radius 2 is 1.83 bits per heavy atom. The van der Waals surface area contributed by atoms with E-state index in [1.165, 1.54) is 7.11 Å². The van der Waals surface area contributed by atoms with Crippen LogP contribution in [0.5, 0.6) is 0 Å². The van der Waals surface area contributed by atoms with E-state index in [0.29, 0.717) is 19.0 Å². The first-order valence-corrected chi connectivity index (χ1v) is 6.55. The number of rotatable bonds is 8. The van der Waals surface area contributed by atoms with Crippen LogP contribution in [0, 0.1) is 11.8 Å². The second-order valence-corrected chi connectivity index (χ2v) is 4.61. The largest absolute Gasteiger partial charge is 0.468 e. The average molecular weight is 258 g/mol. The predicted molar refractivity (Wildman–Crippen MR) is 70.9 cm³/mol. The fourth-order valence-electron chi connectivity index (χ4n) is 1.72. The molecule has 1 amide bonds. The van der Waals surface area contributed by atoms with E-state index in [2.05, 4.69) is 18.6 Å². The van der Waals surface area contributed by atoms with E-state index in [4.69, 9.17) is 5.73 Å². The molecule has 0 fully saturated rings. The molecule has 0 saturated heterocycles. The lowest BCUT2D eigenvalue weighted by Gasteiger charge is -2.27. The Bertz CT molecular complexity index is 265. The van der Waals surface area contributed by atoms with Gasteiger partial charge in [-0.2, -0.15) is 0 Å². The molecule has 0 aliphatic carbocycles. The lowest BCUT2D eigenvalue weighted by atomic mass is 10.0. The molecule has 5 nitrogen and oxygen atoms in total. The SMILES string of the molecule is CCC(CC)CN(CC(=O)OC)C(=O)C(C)CN. The Labute approximate surface area is 110 Å². The molecule has 1 atom stereocenters. The predicted octanol–water partition coefficient (Wildman–Crippen LogP) is 1.02. The van der Waals surface area contributed by atoms with Gasteiger partial charge in [-0.3, -0.25) is 9.59 Å². The number of hydrogen-bond donors (Lipinski definition) is 1. The van der Waals surface area contributed by atoms with Crippen molar-refractivity contribution in [2.24, 2.45) is 17.6 Å². The standard InChI is InChI=1S/C13H26N2O3/c1-5-11(6-2)8-15(9-12(16)18-4)13(17)10(3)7-14/h10-11H,5-9,14H2,1-4H3. The fourth-order valence-corrected chi connectivity index (χ4v) is 1.72. The molecule has 0 rings (SSSR count). The minimum atomic E-state index is -0.390. The molecule has 0 spiro atoms. The van der Waals surface area contributed by atoms with Gasteiger partial charge in [0.1, 0.15) is 6.54 Å². The number of carbonyl (C=O) groups excluding carboxylic acids is 2. The number of esters is 1. The normalized spacial score (nSPS) is 12.3. The fraction of sp³-hybridized carbons (Fsp3) is 0.846. The number of methoxy groups -OCH3 is 1. The second-order valence-electron chi connectivity index (χ2n) is 4.61. The minimum absolute atomic E-state index is 0.0101. The summed E-state index contributed by atoms with van der Waals surface area (Å²) in [6.45, 7) is 6.84. The zero-order valence-corrected chi connectivity index (χ0v) is 11.9. The van der Waals surface area contributed by atoms with Gasteiger partial charge in [0.2, 0.25) is 5.91 Å². The van der Waals surface area contributed by atoms with Gasteiger partial charge in [-0.25, -0.2) is 0 Å². The van der Waals surface area contributed by atoms with E-state index in [0.717, 1.165) is 12.8 Å². The summed E-state index contributed by atoms with van der Waals surface area (Å²) in [5, 5.41) is 0. The highest BCUT2D eigenvalue weighted by Crippen LogP contribution is 2.12. The Morgan fingerprint density at radius 1 is 1.28 bits per heavy atom. The monoisotopic (exact) mass is 258 g/mol. The molecule has 0 aromatic heterocycles. The number of hydrogen-bond acceptors (Lipinski definition) is 4. The van der Waals surface area contributed by atoms with Gasteiger partial charge in [-0.15, -0.1) is 0 Å². The summed E-state index contributed by atoms with van der Waals surface area (Å²) in [7, 11) is 1.33. The number of amides is 1. The van der Waals surface area contributed by atoms with Crippen LogP contribution in [0.1, 0.15) is 33.6 Å². The molecule has 2 N–H and O–H groups in total. The highest BCUT2D eigenvalue weighted by Gasteiger charge is 2.23. The van der Waals surface area contributed by atoms with E-state index in [9.17, 15) is 9.59 Å². The van der Waals surface area contributed by atoms with Crippen LogP contribution in [0.3, 0.4) is 0 Å². The quantitative estimate of drug-likeness (QED) is 0.660. The van der Waals surface area contributed by atoms with Gasteiger partial charge in [-0.1, -0.05) is 33.6 Å². The van der Waals surface area contributed by atoms with Crippen LogP contribution in [-0.2, 0) is 14.3 Å². The van der Waals surface area contributed by atoms with Gasteiger partial charge in [0.15, 0.2) is 0 Å². The number of carbonyl (C=O) groups is 2. The molecular weight excluding hydrogens is 232 g/mol. The lowest BCUT2D eigenvalue weighted by molar-refractivity contribution is -0.148. The maximum atomic E-state index is 12.1. The van der Waals surface area contributed by atoms with E-state index in [1.54, 1.807) is 11.8 Å². The lowest BCUT2D eigenvalue weighted by Crippen LogP contribution is -2.43. The Morgan fingerprint density at radius 3 is 2.22 bits per heavy atom. The van der Waals surface area contributed by atoms with Crippen LogP contribution in [0.15, 0.2) is 0 Å². The van der Waals surface area contributed by atoms with Crippen molar-refractivity contribution < 1.29 is 14.3 Å². The van der Waals surface area contributed by atoms with E-state index >= 15 is 0 Å². The Hall–Kier alpha value is -1.10. The zero-order valence-electron chi connectivity index (χ0n) is 11.9. The van der Waals surface area contributed by atoms with Crippen molar-refractivity contribution in [3.8, 4) is 0 Å². The van der Waals surface area contributed by atoms with Gasteiger partial charge < -0.3 is 15.4 Å². The zero-order chi connectivity index (χ0) is 14.1. The summed E-state index contributed by atoms with van der Waals surface area (Å²) in [6, 6.07) is 0. The minimum Gasteiger partial charge on any atom is -0.468 e. The molecule has 106 valence electrons. The topological polar surface area (TPSA) is 72.6 Å². The van der Waals surface area contributed by atoms with Crippen LogP contribution in [-0.4, -0.2) is 43.5 Å². The van der Waals surface area contributed by atoms with Gasteiger partial charge in [0.05, 0.1) is 7.11 Å². The summed E-state index contributed by atoms with van der Waals surface area (Å²) in [5.74, 6) is -0.319.